The smallest absolute Gasteiger partial charge is 0.220 e. The van der Waals surface area contributed by atoms with Gasteiger partial charge in [0.2, 0.25) is 5.91 Å². The largest absolute Gasteiger partial charge is 0.497 e. The van der Waals surface area contributed by atoms with Crippen LogP contribution in [0.4, 0.5) is 0 Å². The lowest BCUT2D eigenvalue weighted by molar-refractivity contribution is -0.121. The Morgan fingerprint density at radius 3 is 2.50 bits per heavy atom. The van der Waals surface area contributed by atoms with Crippen molar-refractivity contribution < 1.29 is 9.53 Å². The molecule has 4 heteroatoms. The van der Waals surface area contributed by atoms with E-state index in [2.05, 4.69) is 37.9 Å². The minimum absolute atomic E-state index is 0.107. The number of hydrogen-bond acceptors (Lipinski definition) is 3. The van der Waals surface area contributed by atoms with Gasteiger partial charge in [-0.25, -0.2) is 0 Å². The predicted molar refractivity (Wildman–Crippen MR) is 91.3 cm³/mol. The third kappa shape index (κ3) is 6.48. The van der Waals surface area contributed by atoms with Gasteiger partial charge in [-0.2, -0.15) is 0 Å². The summed E-state index contributed by atoms with van der Waals surface area (Å²) in [5.74, 6) is 0.942. The molecule has 22 heavy (non-hydrogen) atoms. The van der Waals surface area contributed by atoms with E-state index in [0.29, 0.717) is 25.0 Å². The molecule has 0 spiro atoms. The normalized spacial score (nSPS) is 11.3. The molecule has 1 N–H and O–H groups in total. The highest BCUT2D eigenvalue weighted by Crippen LogP contribution is 2.13. The molecule has 0 aliphatic heterocycles. The number of aryl methyl sites for hydroxylation is 1. The Morgan fingerprint density at radius 2 is 1.91 bits per heavy atom. The topological polar surface area (TPSA) is 41.6 Å². The van der Waals surface area contributed by atoms with Crippen molar-refractivity contribution in [3.63, 3.8) is 0 Å². The number of rotatable bonds is 9. The van der Waals surface area contributed by atoms with Gasteiger partial charge in [-0.15, -0.1) is 0 Å². The number of nitrogens with zero attached hydrogens (tertiary/aromatic N) is 1. The minimum atomic E-state index is 0.107. The van der Waals surface area contributed by atoms with Crippen LogP contribution >= 0.6 is 0 Å². The van der Waals surface area contributed by atoms with Gasteiger partial charge in [0.1, 0.15) is 5.75 Å². The number of hydrogen-bond donors (Lipinski definition) is 1. The molecule has 0 aromatic heterocycles. The van der Waals surface area contributed by atoms with E-state index in [1.807, 2.05) is 24.3 Å². The number of ether oxygens (including phenoxy) is 1. The molecule has 124 valence electrons. The van der Waals surface area contributed by atoms with Gasteiger partial charge in [0.05, 0.1) is 7.11 Å². The number of methoxy groups -OCH3 is 1. The average Bonchev–Trinajstić information content (AvgIpc) is 2.49. The summed E-state index contributed by atoms with van der Waals surface area (Å²) in [5, 5.41) is 3.01. The number of nitrogens with one attached hydrogen (secondary N) is 1. The molecule has 1 amide bonds. The molecular formula is C18H30N2O2. The van der Waals surface area contributed by atoms with Crippen LogP contribution in [0.5, 0.6) is 5.75 Å². The summed E-state index contributed by atoms with van der Waals surface area (Å²) in [6, 6.07) is 8.86. The summed E-state index contributed by atoms with van der Waals surface area (Å²) in [7, 11) is 1.65. The zero-order chi connectivity index (χ0) is 16.5. The van der Waals surface area contributed by atoms with Crippen LogP contribution in [0.3, 0.4) is 0 Å². The molecule has 0 radical (unpaired) electrons. The zero-order valence-corrected chi connectivity index (χ0v) is 14.6. The molecule has 1 aromatic rings. The van der Waals surface area contributed by atoms with Crippen molar-refractivity contribution in [3.8, 4) is 5.75 Å². The third-order valence-electron chi connectivity index (χ3n) is 3.79. The fourth-order valence-corrected chi connectivity index (χ4v) is 2.61. The second-order valence-electron chi connectivity index (χ2n) is 6.13. The van der Waals surface area contributed by atoms with Gasteiger partial charge in [0.25, 0.3) is 0 Å². The van der Waals surface area contributed by atoms with E-state index in [9.17, 15) is 4.79 Å². The fourth-order valence-electron chi connectivity index (χ4n) is 2.61. The maximum atomic E-state index is 11.9. The van der Waals surface area contributed by atoms with Gasteiger partial charge >= 0.3 is 0 Å². The van der Waals surface area contributed by atoms with Gasteiger partial charge in [-0.3, -0.25) is 9.69 Å². The summed E-state index contributed by atoms with van der Waals surface area (Å²) in [5.41, 5.74) is 1.13. The van der Waals surface area contributed by atoms with E-state index in [-0.39, 0.29) is 5.91 Å². The van der Waals surface area contributed by atoms with E-state index in [4.69, 9.17) is 4.74 Å². The average molecular weight is 306 g/mol. The quantitative estimate of drug-likeness (QED) is 0.763. The number of benzene rings is 1. The Morgan fingerprint density at radius 1 is 1.23 bits per heavy atom. The van der Waals surface area contributed by atoms with Crippen molar-refractivity contribution in [1.29, 1.82) is 0 Å². The maximum absolute atomic E-state index is 11.9. The summed E-state index contributed by atoms with van der Waals surface area (Å²) in [6.07, 6.45) is 1.25. The lowest BCUT2D eigenvalue weighted by atomic mass is 10.1. The van der Waals surface area contributed by atoms with Gasteiger partial charge in [-0.1, -0.05) is 12.1 Å². The maximum Gasteiger partial charge on any atom is 0.220 e. The minimum Gasteiger partial charge on any atom is -0.497 e. The van der Waals surface area contributed by atoms with Gasteiger partial charge < -0.3 is 10.1 Å². The van der Waals surface area contributed by atoms with E-state index >= 15 is 0 Å². The number of amides is 1. The van der Waals surface area contributed by atoms with E-state index in [1.54, 1.807) is 7.11 Å². The van der Waals surface area contributed by atoms with Crippen LogP contribution in [-0.4, -0.2) is 43.1 Å². The van der Waals surface area contributed by atoms with Crippen LogP contribution < -0.4 is 10.1 Å². The van der Waals surface area contributed by atoms with Gasteiger partial charge in [-0.05, 0) is 51.8 Å². The Balaban J connectivity index is 2.31. The molecule has 1 rings (SSSR count). The molecule has 0 aliphatic rings. The van der Waals surface area contributed by atoms with E-state index in [1.165, 1.54) is 0 Å². The fraction of sp³-hybridized carbons (Fsp3) is 0.611. The van der Waals surface area contributed by atoms with Crippen LogP contribution in [0.1, 0.15) is 39.7 Å². The van der Waals surface area contributed by atoms with E-state index in [0.717, 1.165) is 24.3 Å². The number of carbonyl (C=O) groups is 1. The summed E-state index contributed by atoms with van der Waals surface area (Å²) in [6.45, 7) is 10.3. The molecule has 0 unspecified atom stereocenters. The van der Waals surface area contributed by atoms with Crippen LogP contribution in [0.2, 0.25) is 0 Å². The molecule has 0 fully saturated rings. The van der Waals surface area contributed by atoms with Gasteiger partial charge in [0.15, 0.2) is 0 Å². The molecule has 0 saturated carbocycles. The van der Waals surface area contributed by atoms with Gasteiger partial charge in [0, 0.05) is 31.6 Å². The first-order valence-corrected chi connectivity index (χ1v) is 8.09. The Bertz CT molecular complexity index is 450. The molecule has 0 atom stereocenters. The lowest BCUT2D eigenvalue weighted by Crippen LogP contribution is -2.42. The van der Waals surface area contributed by atoms with Crippen LogP contribution in [-0.2, 0) is 11.2 Å². The Hall–Kier alpha value is -1.55. The highest BCUT2D eigenvalue weighted by molar-refractivity contribution is 5.76. The molecule has 0 aliphatic carbocycles. The highest BCUT2D eigenvalue weighted by atomic mass is 16.5. The molecule has 1 aromatic carbocycles. The molecule has 4 nitrogen and oxygen atoms in total. The van der Waals surface area contributed by atoms with Crippen molar-refractivity contribution in [2.45, 2.75) is 52.6 Å². The van der Waals surface area contributed by atoms with Crippen molar-refractivity contribution >= 4 is 5.91 Å². The summed E-state index contributed by atoms with van der Waals surface area (Å²) >= 11 is 0. The first-order chi connectivity index (χ1) is 10.4. The Labute approximate surface area is 134 Å². The molecular weight excluding hydrogens is 276 g/mol. The van der Waals surface area contributed by atoms with E-state index < -0.39 is 0 Å². The first kappa shape index (κ1) is 18.5. The van der Waals surface area contributed by atoms with Crippen molar-refractivity contribution in [2.24, 2.45) is 0 Å². The highest BCUT2D eigenvalue weighted by Gasteiger charge is 2.13. The zero-order valence-electron chi connectivity index (χ0n) is 14.6. The van der Waals surface area contributed by atoms with Crippen molar-refractivity contribution in [2.75, 3.05) is 20.2 Å². The third-order valence-corrected chi connectivity index (χ3v) is 3.79. The van der Waals surface area contributed by atoms with Crippen LogP contribution in [0.15, 0.2) is 24.3 Å². The second-order valence-corrected chi connectivity index (χ2v) is 6.13. The van der Waals surface area contributed by atoms with Crippen LogP contribution in [0, 0.1) is 0 Å². The SMILES string of the molecule is COc1cccc(CCC(=O)NCCN(C(C)C)C(C)C)c1. The van der Waals surface area contributed by atoms with Crippen molar-refractivity contribution in [3.05, 3.63) is 29.8 Å². The molecule has 0 saturated heterocycles. The predicted octanol–water partition coefficient (Wildman–Crippen LogP) is 2.86. The number of carbonyl (C=O) groups excluding carboxylic acids is 1. The Kier molecular flexibility index (Phi) is 7.96. The monoisotopic (exact) mass is 306 g/mol. The summed E-state index contributed by atoms with van der Waals surface area (Å²) < 4.78 is 5.19. The molecule has 0 heterocycles. The standard InChI is InChI=1S/C18H30N2O2/c1-14(2)20(15(3)4)12-11-19-18(21)10-9-16-7-6-8-17(13-16)22-5/h6-8,13-15H,9-12H2,1-5H3,(H,19,21). The van der Waals surface area contributed by atoms with Crippen LogP contribution in [0.25, 0.3) is 0 Å². The van der Waals surface area contributed by atoms with Crippen molar-refractivity contribution in [1.82, 2.24) is 10.2 Å². The first-order valence-electron chi connectivity index (χ1n) is 8.09. The summed E-state index contributed by atoms with van der Waals surface area (Å²) in [4.78, 5) is 14.3. The second kappa shape index (κ2) is 9.46. The molecule has 0 bridgehead atoms. The lowest BCUT2D eigenvalue weighted by Gasteiger charge is -2.30.